The van der Waals surface area contributed by atoms with Crippen molar-refractivity contribution in [3.63, 3.8) is 0 Å². The van der Waals surface area contributed by atoms with E-state index in [1.54, 1.807) is 0 Å². The summed E-state index contributed by atoms with van der Waals surface area (Å²) in [6.07, 6.45) is 2.01. The molecule has 1 unspecified atom stereocenters. The van der Waals surface area contributed by atoms with E-state index in [2.05, 4.69) is 18.7 Å². The van der Waals surface area contributed by atoms with Gasteiger partial charge in [-0.3, -0.25) is 0 Å². The highest BCUT2D eigenvalue weighted by molar-refractivity contribution is 4.86. The number of rotatable bonds is 4. The van der Waals surface area contributed by atoms with Crippen molar-refractivity contribution in [1.82, 2.24) is 4.90 Å². The standard InChI is InChI=1S/C11H24N2O/c1-10(2,8-12)4-6-13-7-5-11(3,14)9-13/h14H,4-9,12H2,1-3H3. The number of aliphatic hydroxyl groups is 1. The lowest BCUT2D eigenvalue weighted by atomic mass is 9.89. The number of β-amino-alcohol motifs (C(OH)–C–C–N with tert-alkyl or cyclic N) is 1. The molecular formula is C11H24N2O. The molecule has 0 aliphatic carbocycles. The Morgan fingerprint density at radius 1 is 1.50 bits per heavy atom. The van der Waals surface area contributed by atoms with Crippen LogP contribution in [0.25, 0.3) is 0 Å². The molecule has 1 rings (SSSR count). The fraction of sp³-hybridized carbons (Fsp3) is 1.00. The fourth-order valence-electron chi connectivity index (χ4n) is 1.79. The van der Waals surface area contributed by atoms with Gasteiger partial charge in [-0.05, 0) is 38.3 Å². The molecule has 0 radical (unpaired) electrons. The van der Waals surface area contributed by atoms with Gasteiger partial charge in [-0.2, -0.15) is 0 Å². The molecule has 0 aromatic heterocycles. The van der Waals surface area contributed by atoms with Crippen LogP contribution in [0.1, 0.15) is 33.6 Å². The maximum atomic E-state index is 9.79. The van der Waals surface area contributed by atoms with Crippen LogP contribution in [0, 0.1) is 5.41 Å². The van der Waals surface area contributed by atoms with Gasteiger partial charge in [0.25, 0.3) is 0 Å². The highest BCUT2D eigenvalue weighted by Gasteiger charge is 2.31. The maximum Gasteiger partial charge on any atom is 0.0758 e. The van der Waals surface area contributed by atoms with Crippen LogP contribution in [0.15, 0.2) is 0 Å². The molecule has 1 atom stereocenters. The molecule has 1 saturated heterocycles. The summed E-state index contributed by atoms with van der Waals surface area (Å²) in [4.78, 5) is 2.33. The Kier molecular flexibility index (Phi) is 3.56. The summed E-state index contributed by atoms with van der Waals surface area (Å²) in [5.41, 5.74) is 5.44. The molecule has 1 fully saturated rings. The highest BCUT2D eigenvalue weighted by Crippen LogP contribution is 2.24. The first-order valence-corrected chi connectivity index (χ1v) is 5.49. The van der Waals surface area contributed by atoms with Crippen molar-refractivity contribution < 1.29 is 5.11 Å². The average Bonchev–Trinajstić information content (AvgIpc) is 2.43. The molecule has 0 bridgehead atoms. The van der Waals surface area contributed by atoms with E-state index in [9.17, 15) is 5.11 Å². The van der Waals surface area contributed by atoms with Gasteiger partial charge >= 0.3 is 0 Å². The first-order valence-electron chi connectivity index (χ1n) is 5.49. The Hall–Kier alpha value is -0.120. The molecular weight excluding hydrogens is 176 g/mol. The molecule has 3 nitrogen and oxygen atoms in total. The number of likely N-dealkylation sites (tertiary alicyclic amines) is 1. The molecule has 84 valence electrons. The normalized spacial score (nSPS) is 29.8. The predicted octanol–water partition coefficient (Wildman–Crippen LogP) is 0.818. The second kappa shape index (κ2) is 4.17. The van der Waals surface area contributed by atoms with Crippen LogP contribution in [0.3, 0.4) is 0 Å². The predicted molar refractivity (Wildman–Crippen MR) is 59.1 cm³/mol. The van der Waals surface area contributed by atoms with E-state index < -0.39 is 5.60 Å². The van der Waals surface area contributed by atoms with E-state index in [1.165, 1.54) is 0 Å². The van der Waals surface area contributed by atoms with E-state index in [0.29, 0.717) is 0 Å². The maximum absolute atomic E-state index is 9.79. The summed E-state index contributed by atoms with van der Waals surface area (Å²) < 4.78 is 0. The molecule has 0 aromatic rings. The van der Waals surface area contributed by atoms with Gasteiger partial charge in [0.1, 0.15) is 0 Å². The molecule has 0 aromatic carbocycles. The third-order valence-corrected chi connectivity index (χ3v) is 3.19. The summed E-state index contributed by atoms with van der Waals surface area (Å²) in [6.45, 7) is 9.93. The summed E-state index contributed by atoms with van der Waals surface area (Å²) in [5, 5.41) is 9.79. The van der Waals surface area contributed by atoms with Crippen LogP contribution in [0.5, 0.6) is 0 Å². The van der Waals surface area contributed by atoms with E-state index in [1.807, 2.05) is 6.92 Å². The van der Waals surface area contributed by atoms with Gasteiger partial charge in [0.15, 0.2) is 0 Å². The molecule has 1 aliphatic rings. The van der Waals surface area contributed by atoms with Crippen molar-refractivity contribution in [3.8, 4) is 0 Å². The molecule has 0 spiro atoms. The number of hydrogen-bond acceptors (Lipinski definition) is 3. The van der Waals surface area contributed by atoms with Gasteiger partial charge in [-0.1, -0.05) is 13.8 Å². The van der Waals surface area contributed by atoms with E-state index in [0.717, 1.165) is 39.0 Å². The third kappa shape index (κ3) is 3.56. The van der Waals surface area contributed by atoms with Gasteiger partial charge in [0, 0.05) is 13.1 Å². The van der Waals surface area contributed by atoms with Gasteiger partial charge in [-0.25, -0.2) is 0 Å². The van der Waals surface area contributed by atoms with Crippen LogP contribution in [0.4, 0.5) is 0 Å². The van der Waals surface area contributed by atoms with Crippen molar-refractivity contribution in [2.24, 2.45) is 11.1 Å². The average molecular weight is 200 g/mol. The van der Waals surface area contributed by atoms with Crippen LogP contribution < -0.4 is 5.73 Å². The number of nitrogens with zero attached hydrogens (tertiary/aromatic N) is 1. The van der Waals surface area contributed by atoms with E-state index in [-0.39, 0.29) is 5.41 Å². The topological polar surface area (TPSA) is 49.5 Å². The number of nitrogens with two attached hydrogens (primary N) is 1. The zero-order valence-corrected chi connectivity index (χ0v) is 9.71. The minimum Gasteiger partial charge on any atom is -0.389 e. The van der Waals surface area contributed by atoms with Gasteiger partial charge < -0.3 is 15.7 Å². The van der Waals surface area contributed by atoms with Crippen molar-refractivity contribution >= 4 is 0 Å². The van der Waals surface area contributed by atoms with Gasteiger partial charge in [-0.15, -0.1) is 0 Å². The van der Waals surface area contributed by atoms with Crippen molar-refractivity contribution in [1.29, 1.82) is 0 Å². The first-order chi connectivity index (χ1) is 6.35. The molecule has 1 heterocycles. The van der Waals surface area contributed by atoms with Gasteiger partial charge in [0.05, 0.1) is 5.60 Å². The van der Waals surface area contributed by atoms with Gasteiger partial charge in [0.2, 0.25) is 0 Å². The lowest BCUT2D eigenvalue weighted by Crippen LogP contribution is -2.33. The molecule has 0 saturated carbocycles. The second-order valence-corrected chi connectivity index (χ2v) is 5.64. The zero-order chi connectivity index (χ0) is 10.8. The molecule has 3 N–H and O–H groups in total. The summed E-state index contributed by atoms with van der Waals surface area (Å²) in [5.74, 6) is 0. The van der Waals surface area contributed by atoms with Crippen LogP contribution in [-0.2, 0) is 0 Å². The van der Waals surface area contributed by atoms with Crippen LogP contribution in [0.2, 0.25) is 0 Å². The molecule has 1 aliphatic heterocycles. The fourth-order valence-corrected chi connectivity index (χ4v) is 1.79. The quantitative estimate of drug-likeness (QED) is 0.706. The summed E-state index contributed by atoms with van der Waals surface area (Å²) in [6, 6.07) is 0. The minimum atomic E-state index is -0.465. The highest BCUT2D eigenvalue weighted by atomic mass is 16.3. The third-order valence-electron chi connectivity index (χ3n) is 3.19. The lowest BCUT2D eigenvalue weighted by molar-refractivity contribution is 0.0672. The largest absolute Gasteiger partial charge is 0.389 e. The second-order valence-electron chi connectivity index (χ2n) is 5.64. The molecule has 3 heteroatoms. The first kappa shape index (κ1) is 12.0. The Bertz CT molecular complexity index is 190. The van der Waals surface area contributed by atoms with E-state index in [4.69, 9.17) is 5.73 Å². The SMILES string of the molecule is CC(C)(CN)CCN1CCC(C)(O)C1. The monoisotopic (exact) mass is 200 g/mol. The summed E-state index contributed by atoms with van der Waals surface area (Å²) in [7, 11) is 0. The Morgan fingerprint density at radius 2 is 2.14 bits per heavy atom. The number of hydrogen-bond donors (Lipinski definition) is 2. The smallest absolute Gasteiger partial charge is 0.0758 e. The van der Waals surface area contributed by atoms with Crippen LogP contribution >= 0.6 is 0 Å². The van der Waals surface area contributed by atoms with Crippen molar-refractivity contribution in [2.75, 3.05) is 26.2 Å². The zero-order valence-electron chi connectivity index (χ0n) is 9.71. The Morgan fingerprint density at radius 3 is 2.57 bits per heavy atom. The Balaban J connectivity index is 2.27. The Labute approximate surface area is 87.3 Å². The van der Waals surface area contributed by atoms with Crippen LogP contribution in [-0.4, -0.2) is 41.8 Å². The minimum absolute atomic E-state index is 0.231. The molecule has 14 heavy (non-hydrogen) atoms. The summed E-state index contributed by atoms with van der Waals surface area (Å²) >= 11 is 0. The van der Waals surface area contributed by atoms with E-state index >= 15 is 0 Å². The lowest BCUT2D eigenvalue weighted by Gasteiger charge is -2.26. The molecule has 0 amide bonds. The van der Waals surface area contributed by atoms with Crippen molar-refractivity contribution in [3.05, 3.63) is 0 Å². The van der Waals surface area contributed by atoms with Crippen molar-refractivity contribution in [2.45, 2.75) is 39.2 Å².